The molecule has 6 nitrogen and oxygen atoms in total. The smallest absolute Gasteiger partial charge is 0.314 e. The molecule has 1 aliphatic heterocycles. The van der Waals surface area contributed by atoms with Crippen LogP contribution in [0.2, 0.25) is 0 Å². The normalized spacial score (nSPS) is 14.8. The Hall–Kier alpha value is -2.86. The Morgan fingerprint density at radius 3 is 2.11 bits per heavy atom. The molecule has 0 spiro atoms. The summed E-state index contributed by atoms with van der Waals surface area (Å²) >= 11 is 0. The van der Waals surface area contributed by atoms with E-state index in [0.29, 0.717) is 11.4 Å². The second-order valence-corrected chi connectivity index (χ2v) is 7.49. The van der Waals surface area contributed by atoms with Gasteiger partial charge in [0.1, 0.15) is 0 Å². The fraction of sp³-hybridized carbons (Fsp3) is 0.364. The van der Waals surface area contributed by atoms with E-state index in [1.807, 2.05) is 62.4 Å². The maximum atomic E-state index is 12.3. The highest BCUT2D eigenvalue weighted by Crippen LogP contribution is 2.24. The number of nitrogens with one attached hydrogen (secondary N) is 2. The Kier molecular flexibility index (Phi) is 6.31. The second-order valence-electron chi connectivity index (χ2n) is 7.49. The first-order chi connectivity index (χ1) is 13.4. The highest BCUT2D eigenvalue weighted by atomic mass is 16.2. The molecule has 2 aromatic rings. The number of amides is 2. The molecule has 0 radical (unpaired) electrons. The molecule has 148 valence electrons. The number of hydrogen-bond donors (Lipinski definition) is 2. The number of nitrogens with zero attached hydrogens (tertiary/aromatic N) is 2. The average molecular weight is 380 g/mol. The monoisotopic (exact) mass is 380 g/mol. The lowest BCUT2D eigenvalue weighted by molar-refractivity contribution is -0.133. The van der Waals surface area contributed by atoms with Gasteiger partial charge in [0.25, 0.3) is 0 Å². The number of hydrogen-bond acceptors (Lipinski definition) is 4. The summed E-state index contributed by atoms with van der Waals surface area (Å²) in [6, 6.07) is 15.2. The number of benzene rings is 2. The summed E-state index contributed by atoms with van der Waals surface area (Å²) in [5, 5.41) is 5.39. The zero-order valence-electron chi connectivity index (χ0n) is 16.7. The Bertz CT molecular complexity index is 825. The van der Waals surface area contributed by atoms with Crippen LogP contribution in [0.4, 0.5) is 17.1 Å². The molecule has 2 amide bonds. The lowest BCUT2D eigenvalue weighted by atomic mass is 10.0. The number of anilines is 3. The molecular formula is C22H28N4O2. The molecule has 0 unspecified atom stereocenters. The zero-order valence-corrected chi connectivity index (χ0v) is 16.7. The van der Waals surface area contributed by atoms with Crippen molar-refractivity contribution in [2.75, 3.05) is 48.8 Å². The zero-order chi connectivity index (χ0) is 20.1. The van der Waals surface area contributed by atoms with Gasteiger partial charge in [-0.25, -0.2) is 0 Å². The largest absolute Gasteiger partial charge is 0.369 e. The van der Waals surface area contributed by atoms with Crippen molar-refractivity contribution < 1.29 is 9.59 Å². The van der Waals surface area contributed by atoms with Crippen molar-refractivity contribution in [1.29, 1.82) is 0 Å². The highest BCUT2D eigenvalue weighted by molar-refractivity contribution is 6.43. The Morgan fingerprint density at radius 2 is 1.46 bits per heavy atom. The van der Waals surface area contributed by atoms with E-state index in [0.717, 1.165) is 37.4 Å². The molecule has 28 heavy (non-hydrogen) atoms. The van der Waals surface area contributed by atoms with Crippen molar-refractivity contribution >= 4 is 28.9 Å². The van der Waals surface area contributed by atoms with E-state index in [-0.39, 0.29) is 5.92 Å². The molecule has 0 bridgehead atoms. The van der Waals surface area contributed by atoms with Gasteiger partial charge in [-0.1, -0.05) is 32.0 Å². The van der Waals surface area contributed by atoms with Crippen LogP contribution in [0.3, 0.4) is 0 Å². The topological polar surface area (TPSA) is 64.7 Å². The van der Waals surface area contributed by atoms with Gasteiger partial charge in [0.2, 0.25) is 0 Å². The second kappa shape index (κ2) is 8.89. The number of carbonyl (C=O) groups excluding carboxylic acids is 2. The summed E-state index contributed by atoms with van der Waals surface area (Å²) in [5.41, 5.74) is 3.40. The summed E-state index contributed by atoms with van der Waals surface area (Å²) in [5.74, 6) is -1.09. The molecule has 1 fully saturated rings. The number of para-hydroxylation sites is 1. The molecule has 3 rings (SSSR count). The fourth-order valence-corrected chi connectivity index (χ4v) is 3.30. The van der Waals surface area contributed by atoms with Gasteiger partial charge in [0.05, 0.1) is 0 Å². The molecule has 0 aliphatic carbocycles. The molecule has 0 saturated carbocycles. The lowest BCUT2D eigenvalue weighted by Gasteiger charge is -2.34. The third kappa shape index (κ3) is 4.89. The molecule has 1 saturated heterocycles. The number of carbonyl (C=O) groups is 2. The Labute approximate surface area is 166 Å². The quantitative estimate of drug-likeness (QED) is 0.800. The predicted molar refractivity (Wildman–Crippen MR) is 114 cm³/mol. The molecule has 0 atom stereocenters. The van der Waals surface area contributed by atoms with Crippen molar-refractivity contribution in [2.45, 2.75) is 19.8 Å². The first-order valence-corrected chi connectivity index (χ1v) is 9.69. The molecular weight excluding hydrogens is 352 g/mol. The van der Waals surface area contributed by atoms with Crippen LogP contribution in [0.1, 0.15) is 25.3 Å². The minimum Gasteiger partial charge on any atom is -0.369 e. The van der Waals surface area contributed by atoms with Crippen LogP contribution < -0.4 is 15.5 Å². The number of piperazine rings is 1. The minimum absolute atomic E-state index is 0.252. The van der Waals surface area contributed by atoms with E-state index in [9.17, 15) is 9.59 Å². The van der Waals surface area contributed by atoms with Gasteiger partial charge in [0.15, 0.2) is 0 Å². The molecule has 2 N–H and O–H groups in total. The maximum absolute atomic E-state index is 12.3. The van der Waals surface area contributed by atoms with Crippen LogP contribution in [0.25, 0.3) is 0 Å². The van der Waals surface area contributed by atoms with Crippen LogP contribution in [-0.4, -0.2) is 49.9 Å². The third-order valence-corrected chi connectivity index (χ3v) is 5.03. The van der Waals surface area contributed by atoms with E-state index in [2.05, 4.69) is 27.5 Å². The Balaban J connectivity index is 1.59. The number of likely N-dealkylation sites (N-methyl/N-ethyl adjacent to an activating group) is 1. The molecule has 0 aromatic heterocycles. The van der Waals surface area contributed by atoms with Gasteiger partial charge < -0.3 is 20.4 Å². The standard InChI is InChI=1S/C22H28N4O2/c1-16(2)19-6-4-5-7-20(19)24-22(28)21(27)23-17-8-10-18(11-9-17)26-14-12-25(3)13-15-26/h4-11,16H,12-15H2,1-3H3,(H,23,27)(H,24,28). The van der Waals surface area contributed by atoms with E-state index in [1.165, 1.54) is 0 Å². The van der Waals surface area contributed by atoms with Gasteiger partial charge in [-0.05, 0) is 48.9 Å². The predicted octanol–water partition coefficient (Wildman–Crippen LogP) is 3.14. The summed E-state index contributed by atoms with van der Waals surface area (Å²) in [6.07, 6.45) is 0. The summed E-state index contributed by atoms with van der Waals surface area (Å²) in [4.78, 5) is 29.2. The summed E-state index contributed by atoms with van der Waals surface area (Å²) in [7, 11) is 2.13. The molecule has 1 heterocycles. The van der Waals surface area contributed by atoms with Crippen LogP contribution in [0, 0.1) is 0 Å². The van der Waals surface area contributed by atoms with Crippen LogP contribution in [0.5, 0.6) is 0 Å². The van der Waals surface area contributed by atoms with Crippen LogP contribution in [0.15, 0.2) is 48.5 Å². The molecule has 2 aromatic carbocycles. The van der Waals surface area contributed by atoms with Gasteiger partial charge in [0, 0.05) is 43.2 Å². The highest BCUT2D eigenvalue weighted by Gasteiger charge is 2.17. The van der Waals surface area contributed by atoms with Gasteiger partial charge in [-0.15, -0.1) is 0 Å². The van der Waals surface area contributed by atoms with Crippen molar-refractivity contribution in [3.05, 3.63) is 54.1 Å². The first kappa shape index (κ1) is 19.9. The van der Waals surface area contributed by atoms with E-state index in [4.69, 9.17) is 0 Å². The lowest BCUT2D eigenvalue weighted by Crippen LogP contribution is -2.44. The molecule has 1 aliphatic rings. The van der Waals surface area contributed by atoms with Crippen molar-refractivity contribution in [1.82, 2.24) is 4.90 Å². The fourth-order valence-electron chi connectivity index (χ4n) is 3.30. The van der Waals surface area contributed by atoms with Gasteiger partial charge >= 0.3 is 11.8 Å². The van der Waals surface area contributed by atoms with Gasteiger partial charge in [-0.3, -0.25) is 9.59 Å². The van der Waals surface area contributed by atoms with E-state index < -0.39 is 11.8 Å². The summed E-state index contributed by atoms with van der Waals surface area (Å²) in [6.45, 7) is 8.15. The van der Waals surface area contributed by atoms with Crippen LogP contribution in [-0.2, 0) is 9.59 Å². The molecule has 6 heteroatoms. The Morgan fingerprint density at radius 1 is 0.857 bits per heavy atom. The summed E-state index contributed by atoms with van der Waals surface area (Å²) < 4.78 is 0. The SMILES string of the molecule is CC(C)c1ccccc1NC(=O)C(=O)Nc1ccc(N2CCN(C)CC2)cc1. The van der Waals surface area contributed by atoms with Crippen molar-refractivity contribution in [3.8, 4) is 0 Å². The van der Waals surface area contributed by atoms with Crippen LogP contribution >= 0.6 is 0 Å². The maximum Gasteiger partial charge on any atom is 0.314 e. The van der Waals surface area contributed by atoms with E-state index >= 15 is 0 Å². The van der Waals surface area contributed by atoms with Gasteiger partial charge in [-0.2, -0.15) is 0 Å². The van der Waals surface area contributed by atoms with Crippen molar-refractivity contribution in [2.24, 2.45) is 0 Å². The van der Waals surface area contributed by atoms with E-state index in [1.54, 1.807) is 0 Å². The first-order valence-electron chi connectivity index (χ1n) is 9.69. The average Bonchev–Trinajstić information content (AvgIpc) is 2.69. The number of rotatable bonds is 4. The minimum atomic E-state index is -0.675. The third-order valence-electron chi connectivity index (χ3n) is 5.03. The van der Waals surface area contributed by atoms with Crippen molar-refractivity contribution in [3.63, 3.8) is 0 Å².